The highest BCUT2D eigenvalue weighted by Gasteiger charge is 2.34. The van der Waals surface area contributed by atoms with Gasteiger partial charge in [0.15, 0.2) is 0 Å². The Kier molecular flexibility index (Phi) is 4.28. The van der Waals surface area contributed by atoms with Gasteiger partial charge in [0.05, 0.1) is 6.54 Å². The Morgan fingerprint density at radius 2 is 2.06 bits per heavy atom. The van der Waals surface area contributed by atoms with Crippen LogP contribution < -0.4 is 10.6 Å². The fraction of sp³-hybridized carbons (Fsp3) is 0.929. The molecule has 1 saturated carbocycles. The Morgan fingerprint density at radius 3 is 2.61 bits per heavy atom. The number of nitrogens with zero attached hydrogens (tertiary/aromatic N) is 1. The van der Waals surface area contributed by atoms with Crippen LogP contribution in [0.25, 0.3) is 0 Å². The molecule has 1 unspecified atom stereocenters. The zero-order valence-corrected chi connectivity index (χ0v) is 12.0. The zero-order chi connectivity index (χ0) is 13.2. The van der Waals surface area contributed by atoms with Gasteiger partial charge in [-0.15, -0.1) is 0 Å². The third-order valence-electron chi connectivity index (χ3n) is 4.37. The molecule has 1 aliphatic heterocycles. The van der Waals surface area contributed by atoms with E-state index in [-0.39, 0.29) is 11.3 Å². The summed E-state index contributed by atoms with van der Waals surface area (Å²) in [6.45, 7) is 8.15. The lowest BCUT2D eigenvalue weighted by molar-refractivity contribution is -0.120. The zero-order valence-electron chi connectivity index (χ0n) is 12.0. The summed E-state index contributed by atoms with van der Waals surface area (Å²) < 4.78 is 0. The molecule has 1 saturated heterocycles. The molecule has 4 heteroatoms. The Balaban J connectivity index is 1.68. The Bertz CT molecular complexity index is 299. The summed E-state index contributed by atoms with van der Waals surface area (Å²) in [5.41, 5.74) is 0.194. The predicted molar refractivity (Wildman–Crippen MR) is 73.4 cm³/mol. The van der Waals surface area contributed by atoms with E-state index < -0.39 is 0 Å². The number of nitrogens with one attached hydrogen (secondary N) is 2. The summed E-state index contributed by atoms with van der Waals surface area (Å²) in [7, 11) is 2.17. The van der Waals surface area contributed by atoms with Crippen molar-refractivity contribution in [3.63, 3.8) is 0 Å². The first kappa shape index (κ1) is 13.8. The smallest absolute Gasteiger partial charge is 0.233 e. The van der Waals surface area contributed by atoms with E-state index in [0.29, 0.717) is 18.5 Å². The second-order valence-corrected chi connectivity index (χ2v) is 6.67. The molecule has 2 aliphatic rings. The van der Waals surface area contributed by atoms with Crippen LogP contribution in [0.2, 0.25) is 0 Å². The summed E-state index contributed by atoms with van der Waals surface area (Å²) in [5, 5.41) is 6.33. The van der Waals surface area contributed by atoms with E-state index in [1.54, 1.807) is 0 Å². The lowest BCUT2D eigenvalue weighted by Gasteiger charge is -2.31. The number of hydrogen-bond acceptors (Lipinski definition) is 3. The van der Waals surface area contributed by atoms with Crippen LogP contribution in [0.1, 0.15) is 33.1 Å². The van der Waals surface area contributed by atoms with Crippen molar-refractivity contribution in [2.75, 3.05) is 33.2 Å². The molecular weight excluding hydrogens is 226 g/mol. The highest BCUT2D eigenvalue weighted by molar-refractivity contribution is 5.78. The van der Waals surface area contributed by atoms with E-state index in [0.717, 1.165) is 13.1 Å². The minimum atomic E-state index is 0.140. The number of carbonyl (C=O) groups excluding carboxylic acids is 1. The largest absolute Gasteiger partial charge is 0.354 e. The van der Waals surface area contributed by atoms with Crippen LogP contribution in [0.4, 0.5) is 0 Å². The second-order valence-electron chi connectivity index (χ2n) is 6.67. The Morgan fingerprint density at radius 1 is 1.33 bits per heavy atom. The van der Waals surface area contributed by atoms with Crippen LogP contribution in [-0.2, 0) is 4.79 Å². The van der Waals surface area contributed by atoms with Crippen molar-refractivity contribution in [1.29, 1.82) is 0 Å². The van der Waals surface area contributed by atoms with Crippen molar-refractivity contribution < 1.29 is 4.79 Å². The molecular formula is C14H27N3O. The molecule has 104 valence electrons. The number of likely N-dealkylation sites (tertiary alicyclic amines) is 1. The molecule has 0 aromatic heterocycles. The summed E-state index contributed by atoms with van der Waals surface area (Å²) >= 11 is 0. The quantitative estimate of drug-likeness (QED) is 0.737. The summed E-state index contributed by atoms with van der Waals surface area (Å²) in [4.78, 5) is 14.1. The van der Waals surface area contributed by atoms with Gasteiger partial charge in [0, 0.05) is 19.1 Å². The first-order chi connectivity index (χ1) is 8.47. The first-order valence-corrected chi connectivity index (χ1v) is 7.16. The third kappa shape index (κ3) is 3.95. The van der Waals surface area contributed by atoms with Gasteiger partial charge >= 0.3 is 0 Å². The molecule has 0 aromatic rings. The van der Waals surface area contributed by atoms with Crippen molar-refractivity contribution >= 4 is 5.91 Å². The van der Waals surface area contributed by atoms with Gasteiger partial charge in [-0.3, -0.25) is 4.79 Å². The van der Waals surface area contributed by atoms with Gasteiger partial charge in [0.1, 0.15) is 0 Å². The van der Waals surface area contributed by atoms with Crippen LogP contribution in [0.3, 0.4) is 0 Å². The van der Waals surface area contributed by atoms with Gasteiger partial charge in [-0.05, 0) is 44.2 Å². The minimum Gasteiger partial charge on any atom is -0.354 e. The minimum absolute atomic E-state index is 0.140. The van der Waals surface area contributed by atoms with Crippen LogP contribution in [0, 0.1) is 11.3 Å². The molecule has 1 heterocycles. The van der Waals surface area contributed by atoms with E-state index in [2.05, 4.69) is 36.4 Å². The van der Waals surface area contributed by atoms with Crippen molar-refractivity contribution in [2.24, 2.45) is 11.3 Å². The van der Waals surface area contributed by atoms with E-state index in [1.807, 2.05) is 0 Å². The normalized spacial score (nSPS) is 25.4. The SMILES string of the molecule is CN1CCC(C(C)(C)CNC(=O)CNC2CC2)C1. The van der Waals surface area contributed by atoms with Gasteiger partial charge in [0.25, 0.3) is 0 Å². The number of carbonyl (C=O) groups is 1. The fourth-order valence-corrected chi connectivity index (χ4v) is 2.63. The summed E-state index contributed by atoms with van der Waals surface area (Å²) in [6.07, 6.45) is 3.71. The molecule has 0 aromatic carbocycles. The molecule has 2 N–H and O–H groups in total. The molecule has 1 atom stereocenters. The maximum Gasteiger partial charge on any atom is 0.233 e. The van der Waals surface area contributed by atoms with Crippen LogP contribution in [0.15, 0.2) is 0 Å². The van der Waals surface area contributed by atoms with Crippen molar-refractivity contribution in [1.82, 2.24) is 15.5 Å². The number of rotatable bonds is 6. The maximum absolute atomic E-state index is 11.7. The van der Waals surface area contributed by atoms with E-state index >= 15 is 0 Å². The van der Waals surface area contributed by atoms with Crippen LogP contribution in [0.5, 0.6) is 0 Å². The predicted octanol–water partition coefficient (Wildman–Crippen LogP) is 0.833. The van der Waals surface area contributed by atoms with Gasteiger partial charge in [-0.25, -0.2) is 0 Å². The van der Waals surface area contributed by atoms with Crippen molar-refractivity contribution in [3.8, 4) is 0 Å². The topological polar surface area (TPSA) is 44.4 Å². The average molecular weight is 253 g/mol. The van der Waals surface area contributed by atoms with Crippen molar-refractivity contribution in [2.45, 2.75) is 39.2 Å². The molecule has 0 bridgehead atoms. The van der Waals surface area contributed by atoms with Crippen molar-refractivity contribution in [3.05, 3.63) is 0 Å². The lowest BCUT2D eigenvalue weighted by Crippen LogP contribution is -2.42. The molecule has 1 aliphatic carbocycles. The van der Waals surface area contributed by atoms with Gasteiger partial charge in [-0.2, -0.15) is 0 Å². The number of amides is 1. The highest BCUT2D eigenvalue weighted by Crippen LogP contribution is 2.33. The second kappa shape index (κ2) is 5.57. The standard InChI is InChI=1S/C14H27N3O/c1-14(2,11-6-7-17(3)9-11)10-16-13(18)8-15-12-4-5-12/h11-12,15H,4-10H2,1-3H3,(H,16,18). The van der Waals surface area contributed by atoms with Crippen LogP contribution in [-0.4, -0.2) is 50.1 Å². The van der Waals surface area contributed by atoms with Gasteiger partial charge in [0.2, 0.25) is 5.91 Å². The molecule has 0 spiro atoms. The highest BCUT2D eigenvalue weighted by atomic mass is 16.1. The fourth-order valence-electron chi connectivity index (χ4n) is 2.63. The van der Waals surface area contributed by atoms with Crippen LogP contribution >= 0.6 is 0 Å². The molecule has 4 nitrogen and oxygen atoms in total. The third-order valence-corrected chi connectivity index (χ3v) is 4.37. The molecule has 0 radical (unpaired) electrons. The summed E-state index contributed by atoms with van der Waals surface area (Å²) in [6, 6.07) is 0.604. The Labute approximate surface area is 110 Å². The molecule has 2 fully saturated rings. The average Bonchev–Trinajstić information content (AvgIpc) is 3.04. The molecule has 1 amide bonds. The maximum atomic E-state index is 11.7. The van der Waals surface area contributed by atoms with E-state index in [4.69, 9.17) is 0 Å². The first-order valence-electron chi connectivity index (χ1n) is 7.16. The van der Waals surface area contributed by atoms with Gasteiger partial charge < -0.3 is 15.5 Å². The monoisotopic (exact) mass is 253 g/mol. The van der Waals surface area contributed by atoms with E-state index in [1.165, 1.54) is 25.8 Å². The lowest BCUT2D eigenvalue weighted by atomic mass is 9.78. The van der Waals surface area contributed by atoms with E-state index in [9.17, 15) is 4.79 Å². The Hall–Kier alpha value is -0.610. The molecule has 18 heavy (non-hydrogen) atoms. The summed E-state index contributed by atoms with van der Waals surface area (Å²) in [5.74, 6) is 0.834. The van der Waals surface area contributed by atoms with Gasteiger partial charge in [-0.1, -0.05) is 13.8 Å². The number of hydrogen-bond donors (Lipinski definition) is 2. The molecule has 2 rings (SSSR count).